The molecule has 0 aliphatic carbocycles. The Bertz CT molecular complexity index is 415. The fourth-order valence-electron chi connectivity index (χ4n) is 2.48. The van der Waals surface area contributed by atoms with Crippen molar-refractivity contribution in [1.29, 1.82) is 0 Å². The number of likely N-dealkylation sites (N-methyl/N-ethyl adjacent to an activating group) is 1. The first kappa shape index (κ1) is 13.4. The molecule has 0 fully saturated rings. The number of benzene rings is 1. The summed E-state index contributed by atoms with van der Waals surface area (Å²) in [5.41, 5.74) is 4.23. The average Bonchev–Trinajstić information content (AvgIpc) is 2.68. The molecule has 0 radical (unpaired) electrons. The molecule has 0 aromatic heterocycles. The molecular weight excluding hydrogens is 224 g/mol. The fourth-order valence-corrected chi connectivity index (χ4v) is 2.48. The van der Waals surface area contributed by atoms with Crippen LogP contribution in [0.5, 0.6) is 0 Å². The van der Waals surface area contributed by atoms with Crippen molar-refractivity contribution in [3.8, 4) is 0 Å². The van der Waals surface area contributed by atoms with E-state index in [0.717, 1.165) is 19.7 Å². The summed E-state index contributed by atoms with van der Waals surface area (Å²) in [5, 5.41) is 3.54. The predicted molar refractivity (Wildman–Crippen MR) is 76.2 cm³/mol. The molecule has 3 nitrogen and oxygen atoms in total. The van der Waals surface area contributed by atoms with Gasteiger partial charge in [-0.1, -0.05) is 12.1 Å². The number of hydrogen-bond acceptors (Lipinski definition) is 3. The second-order valence-electron chi connectivity index (χ2n) is 5.81. The van der Waals surface area contributed by atoms with E-state index in [-0.39, 0.29) is 5.54 Å². The molecule has 0 bridgehead atoms. The van der Waals surface area contributed by atoms with Gasteiger partial charge in [0.1, 0.15) is 0 Å². The SMILES string of the molecule is COCC(C)(C)NCc1ccc2c(c1)CCN2C. The predicted octanol–water partition coefficient (Wildman–Crippen LogP) is 2.19. The monoisotopic (exact) mass is 248 g/mol. The summed E-state index contributed by atoms with van der Waals surface area (Å²) in [7, 11) is 3.90. The maximum Gasteiger partial charge on any atom is 0.0639 e. The van der Waals surface area contributed by atoms with Gasteiger partial charge in [0, 0.05) is 38.5 Å². The van der Waals surface area contributed by atoms with Gasteiger partial charge in [-0.15, -0.1) is 0 Å². The van der Waals surface area contributed by atoms with Gasteiger partial charge in [0.05, 0.1) is 6.61 Å². The maximum atomic E-state index is 5.21. The zero-order valence-corrected chi connectivity index (χ0v) is 11.9. The summed E-state index contributed by atoms with van der Waals surface area (Å²) in [5.74, 6) is 0. The molecule has 0 saturated carbocycles. The Hall–Kier alpha value is -1.06. The van der Waals surface area contributed by atoms with Crippen LogP contribution in [0.15, 0.2) is 18.2 Å². The first-order valence-corrected chi connectivity index (χ1v) is 6.59. The molecule has 1 aliphatic heterocycles. The Morgan fingerprint density at radius 3 is 2.89 bits per heavy atom. The molecule has 1 aromatic rings. The fraction of sp³-hybridized carbons (Fsp3) is 0.600. The number of nitrogens with one attached hydrogen (secondary N) is 1. The molecule has 18 heavy (non-hydrogen) atoms. The van der Waals surface area contributed by atoms with Crippen molar-refractivity contribution in [3.63, 3.8) is 0 Å². The maximum absolute atomic E-state index is 5.21. The van der Waals surface area contributed by atoms with Gasteiger partial charge in [-0.05, 0) is 37.5 Å². The molecule has 3 heteroatoms. The second kappa shape index (κ2) is 5.29. The molecule has 100 valence electrons. The van der Waals surface area contributed by atoms with Crippen LogP contribution in [0.4, 0.5) is 5.69 Å². The molecule has 0 unspecified atom stereocenters. The van der Waals surface area contributed by atoms with Gasteiger partial charge in [-0.25, -0.2) is 0 Å². The molecule has 0 atom stereocenters. The minimum absolute atomic E-state index is 0.0184. The first-order chi connectivity index (χ1) is 8.52. The lowest BCUT2D eigenvalue weighted by atomic mass is 10.0. The Morgan fingerprint density at radius 1 is 1.39 bits per heavy atom. The summed E-state index contributed by atoms with van der Waals surface area (Å²) in [6, 6.07) is 6.79. The number of anilines is 1. The van der Waals surface area contributed by atoms with Gasteiger partial charge >= 0.3 is 0 Å². The van der Waals surface area contributed by atoms with Crippen LogP contribution in [0.1, 0.15) is 25.0 Å². The topological polar surface area (TPSA) is 24.5 Å². The van der Waals surface area contributed by atoms with E-state index in [0.29, 0.717) is 0 Å². The van der Waals surface area contributed by atoms with Crippen LogP contribution in [0.3, 0.4) is 0 Å². The van der Waals surface area contributed by atoms with Crippen molar-refractivity contribution in [2.45, 2.75) is 32.4 Å². The van der Waals surface area contributed by atoms with Gasteiger partial charge in [0.25, 0.3) is 0 Å². The van der Waals surface area contributed by atoms with Gasteiger partial charge < -0.3 is 15.0 Å². The lowest BCUT2D eigenvalue weighted by molar-refractivity contribution is 0.128. The van der Waals surface area contributed by atoms with E-state index in [1.807, 2.05) is 0 Å². The Morgan fingerprint density at radius 2 is 2.17 bits per heavy atom. The highest BCUT2D eigenvalue weighted by molar-refractivity contribution is 5.58. The largest absolute Gasteiger partial charge is 0.383 e. The number of hydrogen-bond donors (Lipinski definition) is 1. The van der Waals surface area contributed by atoms with Crippen LogP contribution >= 0.6 is 0 Å². The first-order valence-electron chi connectivity index (χ1n) is 6.59. The number of nitrogens with zero attached hydrogens (tertiary/aromatic N) is 1. The third-order valence-electron chi connectivity index (χ3n) is 3.55. The van der Waals surface area contributed by atoms with E-state index in [9.17, 15) is 0 Å². The highest BCUT2D eigenvalue weighted by Gasteiger charge is 2.18. The second-order valence-corrected chi connectivity index (χ2v) is 5.81. The Kier molecular flexibility index (Phi) is 3.93. The van der Waals surface area contributed by atoms with Gasteiger partial charge in [-0.2, -0.15) is 0 Å². The van der Waals surface area contributed by atoms with E-state index in [1.54, 1.807) is 7.11 Å². The summed E-state index contributed by atoms with van der Waals surface area (Å²) < 4.78 is 5.21. The molecule has 2 rings (SSSR count). The average molecular weight is 248 g/mol. The van der Waals surface area contributed by atoms with Gasteiger partial charge in [0.2, 0.25) is 0 Å². The zero-order chi connectivity index (χ0) is 13.2. The van der Waals surface area contributed by atoms with Crippen molar-refractivity contribution in [2.75, 3.05) is 32.2 Å². The third kappa shape index (κ3) is 3.03. The van der Waals surface area contributed by atoms with Crippen molar-refractivity contribution < 1.29 is 4.74 Å². The van der Waals surface area contributed by atoms with Crippen LogP contribution in [-0.4, -0.2) is 32.8 Å². The molecule has 0 saturated heterocycles. The van der Waals surface area contributed by atoms with Crippen LogP contribution in [-0.2, 0) is 17.7 Å². The summed E-state index contributed by atoms with van der Waals surface area (Å²) in [6.07, 6.45) is 1.17. The highest BCUT2D eigenvalue weighted by atomic mass is 16.5. The van der Waals surface area contributed by atoms with E-state index in [2.05, 4.69) is 49.3 Å². The Labute approximate surface area is 110 Å². The van der Waals surface area contributed by atoms with Crippen molar-refractivity contribution in [1.82, 2.24) is 5.32 Å². The normalized spacial score (nSPS) is 15.0. The number of fused-ring (bicyclic) bond motifs is 1. The van der Waals surface area contributed by atoms with Gasteiger partial charge in [0.15, 0.2) is 0 Å². The number of ether oxygens (including phenoxy) is 1. The lowest BCUT2D eigenvalue weighted by Gasteiger charge is -2.25. The third-order valence-corrected chi connectivity index (χ3v) is 3.55. The number of methoxy groups -OCH3 is 1. The van der Waals surface area contributed by atoms with Crippen LogP contribution in [0.25, 0.3) is 0 Å². The molecule has 1 aromatic carbocycles. The number of rotatable bonds is 5. The lowest BCUT2D eigenvalue weighted by Crippen LogP contribution is -2.42. The standard InChI is InChI=1S/C15H24N2O/c1-15(2,11-18-4)16-10-12-5-6-14-13(9-12)7-8-17(14)3/h5-6,9,16H,7-8,10-11H2,1-4H3. The van der Waals surface area contributed by atoms with Crippen LogP contribution < -0.4 is 10.2 Å². The van der Waals surface area contributed by atoms with Crippen molar-refractivity contribution >= 4 is 5.69 Å². The minimum Gasteiger partial charge on any atom is -0.383 e. The smallest absolute Gasteiger partial charge is 0.0639 e. The quantitative estimate of drug-likeness (QED) is 0.864. The van der Waals surface area contributed by atoms with Crippen molar-refractivity contribution in [3.05, 3.63) is 29.3 Å². The van der Waals surface area contributed by atoms with E-state index < -0.39 is 0 Å². The summed E-state index contributed by atoms with van der Waals surface area (Å²) in [6.45, 7) is 7.09. The minimum atomic E-state index is 0.0184. The zero-order valence-electron chi connectivity index (χ0n) is 11.9. The van der Waals surface area contributed by atoms with E-state index in [1.165, 1.54) is 23.2 Å². The Balaban J connectivity index is 1.99. The van der Waals surface area contributed by atoms with Crippen LogP contribution in [0.2, 0.25) is 0 Å². The molecule has 1 heterocycles. The molecule has 1 N–H and O–H groups in total. The van der Waals surface area contributed by atoms with E-state index in [4.69, 9.17) is 4.74 Å². The highest BCUT2D eigenvalue weighted by Crippen LogP contribution is 2.27. The summed E-state index contributed by atoms with van der Waals surface area (Å²) in [4.78, 5) is 2.32. The van der Waals surface area contributed by atoms with Crippen molar-refractivity contribution in [2.24, 2.45) is 0 Å². The molecule has 0 spiro atoms. The van der Waals surface area contributed by atoms with Gasteiger partial charge in [-0.3, -0.25) is 0 Å². The molecule has 0 amide bonds. The molecular formula is C15H24N2O. The van der Waals surface area contributed by atoms with Crippen LogP contribution in [0, 0.1) is 0 Å². The molecule has 1 aliphatic rings. The summed E-state index contributed by atoms with van der Waals surface area (Å²) >= 11 is 0. The van der Waals surface area contributed by atoms with E-state index >= 15 is 0 Å².